The molecular weight excluding hydrogens is 989 g/mol. The van der Waals surface area contributed by atoms with Crippen LogP contribution in [0, 0.1) is 11.8 Å². The second-order valence-corrected chi connectivity index (χ2v) is 25.6. The van der Waals surface area contributed by atoms with E-state index >= 15 is 0 Å². The Kier molecular flexibility index (Phi) is 22.4. The summed E-state index contributed by atoms with van der Waals surface area (Å²) >= 11 is 9.05. The average molecular weight is 1080 g/mol. The van der Waals surface area contributed by atoms with Crippen molar-refractivity contribution in [3.05, 3.63) is 70.4 Å². The normalized spacial score (nSPS) is 12.8. The number of rotatable bonds is 35. The largest absolute Gasteiger partial charge is 0.489 e. The summed E-state index contributed by atoms with van der Waals surface area (Å²) in [4.78, 5) is 5.39. The maximum absolute atomic E-state index is 6.92. The molecule has 0 amide bonds. The van der Waals surface area contributed by atoms with Gasteiger partial charge in [-0.3, -0.25) is 0 Å². The van der Waals surface area contributed by atoms with Crippen LogP contribution in [0.1, 0.15) is 207 Å². The summed E-state index contributed by atoms with van der Waals surface area (Å²) < 4.78 is 26.6. The number of unbranched alkanes of at least 4 members (excludes halogenated alkanes) is 16. The Morgan fingerprint density at radius 2 is 1.01 bits per heavy atom. The minimum absolute atomic E-state index is 0.534. The molecule has 0 radical (unpaired) electrons. The molecule has 0 bridgehead atoms. The molecule has 0 spiro atoms. The van der Waals surface area contributed by atoms with Crippen molar-refractivity contribution in [1.29, 1.82) is 0 Å². The van der Waals surface area contributed by atoms with Crippen LogP contribution >= 0.6 is 57.1 Å². The molecule has 3 aromatic carbocycles. The molecule has 5 aromatic heterocycles. The molecule has 8 rings (SSSR count). The molecule has 0 aliphatic rings. The molecule has 0 N–H and O–H groups in total. The van der Waals surface area contributed by atoms with Crippen molar-refractivity contribution in [2.24, 2.45) is 11.8 Å². The van der Waals surface area contributed by atoms with Crippen molar-refractivity contribution in [2.45, 2.75) is 208 Å². The number of aromatic nitrogens is 2. The quantitative estimate of drug-likeness (QED) is 0.0372. The Bertz CT molecular complexity index is 2890. The number of ether oxygens (including phenoxy) is 2. The fraction of sp³-hybridized carbons (Fsp3) is 0.562. The van der Waals surface area contributed by atoms with Gasteiger partial charge in [0.15, 0.2) is 11.5 Å². The smallest absolute Gasteiger partial charge is 0.161 e. The van der Waals surface area contributed by atoms with Gasteiger partial charge in [0, 0.05) is 41.4 Å². The maximum Gasteiger partial charge on any atom is 0.161 e. The van der Waals surface area contributed by atoms with Crippen LogP contribution in [0.15, 0.2) is 59.3 Å². The van der Waals surface area contributed by atoms with Crippen molar-refractivity contribution in [3.8, 4) is 42.1 Å². The van der Waals surface area contributed by atoms with Crippen LogP contribution in [0.25, 0.3) is 72.6 Å². The fourth-order valence-electron chi connectivity index (χ4n) is 10.8. The zero-order valence-electron chi connectivity index (χ0n) is 45.5. The van der Waals surface area contributed by atoms with E-state index in [9.17, 15) is 0 Å². The summed E-state index contributed by atoms with van der Waals surface area (Å²) in [5.41, 5.74) is 7.44. The van der Waals surface area contributed by atoms with Crippen LogP contribution in [0.2, 0.25) is 0 Å². The monoisotopic (exact) mass is 1070 g/mol. The van der Waals surface area contributed by atoms with Crippen molar-refractivity contribution in [3.63, 3.8) is 0 Å². The number of aryl methyl sites for hydroxylation is 2. The second kappa shape index (κ2) is 29.3. The van der Waals surface area contributed by atoms with Gasteiger partial charge in [0.25, 0.3) is 0 Å². The van der Waals surface area contributed by atoms with Crippen LogP contribution in [0.5, 0.6) is 11.5 Å². The lowest BCUT2D eigenvalue weighted by Crippen LogP contribution is -2.14. The van der Waals surface area contributed by atoms with E-state index in [4.69, 9.17) is 18.2 Å². The molecule has 4 nitrogen and oxygen atoms in total. The standard InChI is InChI=1S/C64H86N2O2S5/c1-7-13-17-19-21-23-25-27-31-47-37-57(70-44-47)50-33-34-51(61-60(50)65-73-66-61)58-38-48(32-28-26-24-22-20-18-14-8-2)62(71-58)59-41-54-53-40-56(68-43-46(12-6)30-16-10-4)55(67-42-45(11-5)29-15-9-3)39-52(53)49-35-36-69-63(49)64(54)72-59/h33-41,44-46H,7-32,42-43H2,1-6H3. The third-order valence-electron chi connectivity index (χ3n) is 15.6. The predicted molar refractivity (Wildman–Crippen MR) is 328 cm³/mol. The molecular formula is C64H86N2O2S5. The molecule has 0 saturated carbocycles. The molecule has 0 aliphatic carbocycles. The molecule has 2 unspecified atom stereocenters. The average Bonchev–Trinajstić information content (AvgIpc) is 4.29. The third kappa shape index (κ3) is 14.6. The Hall–Kier alpha value is -3.34. The van der Waals surface area contributed by atoms with Gasteiger partial charge in [-0.25, -0.2) is 0 Å². The van der Waals surface area contributed by atoms with E-state index in [2.05, 4.69) is 101 Å². The number of benzene rings is 3. The van der Waals surface area contributed by atoms with Gasteiger partial charge in [-0.15, -0.1) is 45.3 Å². The Morgan fingerprint density at radius 1 is 0.466 bits per heavy atom. The molecule has 0 saturated heterocycles. The highest BCUT2D eigenvalue weighted by molar-refractivity contribution is 7.31. The van der Waals surface area contributed by atoms with Crippen molar-refractivity contribution >= 4 is 99.1 Å². The molecule has 0 aliphatic heterocycles. The van der Waals surface area contributed by atoms with E-state index in [0.717, 1.165) is 61.4 Å². The minimum Gasteiger partial charge on any atom is -0.489 e. The van der Waals surface area contributed by atoms with Crippen LogP contribution in [-0.4, -0.2) is 22.0 Å². The van der Waals surface area contributed by atoms with E-state index in [1.54, 1.807) is 0 Å². The number of thiophene rings is 4. The van der Waals surface area contributed by atoms with Gasteiger partial charge in [0.1, 0.15) is 11.0 Å². The summed E-state index contributed by atoms with van der Waals surface area (Å²) in [6.45, 7) is 15.3. The number of hydrogen-bond donors (Lipinski definition) is 0. The van der Waals surface area contributed by atoms with Gasteiger partial charge in [0.2, 0.25) is 0 Å². The Labute approximate surface area is 460 Å². The fourth-order valence-corrected chi connectivity index (χ4v) is 16.0. The SMILES string of the molecule is CCCCCCCCCCc1csc(-c2ccc(-c3cc(CCCCCCCCCC)c(-c4cc5c6cc(OCC(CC)CCCC)c(OCC(CC)CCCC)cc6c6ccsc6c5s4)s3)c3nsnc23)c1. The van der Waals surface area contributed by atoms with E-state index in [1.165, 1.54) is 226 Å². The predicted octanol–water partition coefficient (Wildman–Crippen LogP) is 23.0. The van der Waals surface area contributed by atoms with Gasteiger partial charge < -0.3 is 9.47 Å². The number of hydrogen-bond acceptors (Lipinski definition) is 9. The summed E-state index contributed by atoms with van der Waals surface area (Å²) in [5.74, 6) is 2.88. The first-order valence-electron chi connectivity index (χ1n) is 29.1. The highest BCUT2D eigenvalue weighted by Gasteiger charge is 2.23. The molecule has 394 valence electrons. The topological polar surface area (TPSA) is 44.2 Å². The van der Waals surface area contributed by atoms with Gasteiger partial charge in [-0.2, -0.15) is 8.75 Å². The van der Waals surface area contributed by atoms with Gasteiger partial charge in [-0.1, -0.05) is 182 Å². The van der Waals surface area contributed by atoms with E-state index in [0.29, 0.717) is 11.8 Å². The summed E-state index contributed by atoms with van der Waals surface area (Å²) in [7, 11) is 0. The van der Waals surface area contributed by atoms with E-state index in [-0.39, 0.29) is 0 Å². The van der Waals surface area contributed by atoms with E-state index in [1.807, 2.05) is 45.3 Å². The summed E-state index contributed by atoms with van der Waals surface area (Å²) in [5, 5.41) is 9.85. The van der Waals surface area contributed by atoms with Gasteiger partial charge in [-0.05, 0) is 119 Å². The van der Waals surface area contributed by atoms with Crippen LogP contribution in [-0.2, 0) is 12.8 Å². The zero-order chi connectivity index (χ0) is 50.8. The molecule has 2 atom stereocenters. The molecule has 9 heteroatoms. The zero-order valence-corrected chi connectivity index (χ0v) is 49.6. The lowest BCUT2D eigenvalue weighted by atomic mass is 9.99. The second-order valence-electron chi connectivity index (χ2n) is 21.2. The molecule has 8 aromatic rings. The third-order valence-corrected chi connectivity index (χ3v) is 20.7. The number of nitrogens with zero attached hydrogens (tertiary/aromatic N) is 2. The minimum atomic E-state index is 0.534. The van der Waals surface area contributed by atoms with Crippen LogP contribution in [0.3, 0.4) is 0 Å². The first-order valence-corrected chi connectivity index (χ1v) is 33.2. The van der Waals surface area contributed by atoms with Gasteiger partial charge in [0.05, 0.1) is 34.3 Å². The lowest BCUT2D eigenvalue weighted by molar-refractivity contribution is 0.199. The number of fused-ring (bicyclic) bond motifs is 7. The molecule has 5 heterocycles. The lowest BCUT2D eigenvalue weighted by Gasteiger charge is -2.21. The highest BCUT2D eigenvalue weighted by Crippen LogP contribution is 2.51. The first kappa shape index (κ1) is 55.9. The molecule has 73 heavy (non-hydrogen) atoms. The first-order chi connectivity index (χ1) is 36.0. The van der Waals surface area contributed by atoms with Gasteiger partial charge >= 0.3 is 0 Å². The van der Waals surface area contributed by atoms with Crippen molar-refractivity contribution in [1.82, 2.24) is 8.75 Å². The van der Waals surface area contributed by atoms with Crippen LogP contribution in [0.4, 0.5) is 0 Å². The maximum atomic E-state index is 6.92. The van der Waals surface area contributed by atoms with E-state index < -0.39 is 0 Å². The molecule has 0 fully saturated rings. The van der Waals surface area contributed by atoms with Crippen molar-refractivity contribution < 1.29 is 9.47 Å². The Balaban J connectivity index is 1.13. The summed E-state index contributed by atoms with van der Waals surface area (Å²) in [6.07, 6.45) is 33.2. The van der Waals surface area contributed by atoms with Crippen molar-refractivity contribution in [2.75, 3.05) is 13.2 Å². The highest BCUT2D eigenvalue weighted by atomic mass is 32.1. The summed E-state index contributed by atoms with van der Waals surface area (Å²) in [6, 6.07) is 19.2. The van der Waals surface area contributed by atoms with Crippen LogP contribution < -0.4 is 9.47 Å². The Morgan fingerprint density at radius 3 is 1.60 bits per heavy atom.